The third-order valence-corrected chi connectivity index (χ3v) is 4.86. The van der Waals surface area contributed by atoms with Crippen LogP contribution in [-0.2, 0) is 11.3 Å². The van der Waals surface area contributed by atoms with Gasteiger partial charge in [0.2, 0.25) is 0 Å². The molecule has 0 bridgehead atoms. The van der Waals surface area contributed by atoms with Gasteiger partial charge in [-0.3, -0.25) is 4.79 Å². The molecule has 3 rings (SSSR count). The maximum atomic E-state index is 12.7. The normalized spacial score (nSPS) is 14.8. The van der Waals surface area contributed by atoms with Gasteiger partial charge in [0.1, 0.15) is 0 Å². The highest BCUT2D eigenvalue weighted by molar-refractivity contribution is 6.33. The molecule has 1 saturated heterocycles. The fourth-order valence-corrected chi connectivity index (χ4v) is 3.30. The lowest BCUT2D eigenvalue weighted by Gasteiger charge is -2.36. The second kappa shape index (κ2) is 8.56. The van der Waals surface area contributed by atoms with E-state index in [2.05, 4.69) is 4.90 Å². The third kappa shape index (κ3) is 4.57. The van der Waals surface area contributed by atoms with Crippen LogP contribution in [0.2, 0.25) is 5.02 Å². The first-order valence-corrected chi connectivity index (χ1v) is 9.41. The minimum absolute atomic E-state index is 0.0835. The van der Waals surface area contributed by atoms with Crippen molar-refractivity contribution in [2.75, 3.05) is 31.1 Å². The number of nitrogens with zero attached hydrogens (tertiary/aromatic N) is 2. The molecule has 1 fully saturated rings. The molecule has 1 amide bonds. The Bertz CT molecular complexity index is 738. The summed E-state index contributed by atoms with van der Waals surface area (Å²) in [6, 6.07) is 15.6. The Morgan fingerprint density at radius 1 is 1.04 bits per heavy atom. The lowest BCUT2D eigenvalue weighted by atomic mass is 10.1. The summed E-state index contributed by atoms with van der Waals surface area (Å²) >= 11 is 6.28. The average Bonchev–Trinajstić information content (AvgIpc) is 2.67. The number of para-hydroxylation sites is 1. The molecule has 1 aliphatic rings. The molecule has 0 aromatic heterocycles. The fourth-order valence-electron chi connectivity index (χ4n) is 3.05. The summed E-state index contributed by atoms with van der Waals surface area (Å²) in [6.07, 6.45) is 0.200. The van der Waals surface area contributed by atoms with Crippen LogP contribution in [0.15, 0.2) is 48.5 Å². The minimum atomic E-state index is 0.0835. The Kier molecular flexibility index (Phi) is 6.17. The Morgan fingerprint density at radius 2 is 1.69 bits per heavy atom. The first-order chi connectivity index (χ1) is 12.5. The summed E-state index contributed by atoms with van der Waals surface area (Å²) in [5.41, 5.74) is 2.85. The van der Waals surface area contributed by atoms with Gasteiger partial charge in [0, 0.05) is 31.7 Å². The van der Waals surface area contributed by atoms with E-state index in [-0.39, 0.29) is 12.0 Å². The summed E-state index contributed by atoms with van der Waals surface area (Å²) in [7, 11) is 0. The molecule has 0 atom stereocenters. The van der Waals surface area contributed by atoms with Gasteiger partial charge >= 0.3 is 0 Å². The topological polar surface area (TPSA) is 32.8 Å². The number of hydrogen-bond donors (Lipinski definition) is 0. The van der Waals surface area contributed by atoms with Crippen molar-refractivity contribution in [3.63, 3.8) is 0 Å². The van der Waals surface area contributed by atoms with Crippen molar-refractivity contribution in [3.05, 3.63) is 64.7 Å². The fraction of sp³-hybridized carbons (Fsp3) is 0.381. The predicted molar refractivity (Wildman–Crippen MR) is 106 cm³/mol. The van der Waals surface area contributed by atoms with Gasteiger partial charge in [-0.2, -0.15) is 0 Å². The number of carbonyl (C=O) groups is 1. The van der Waals surface area contributed by atoms with Crippen LogP contribution in [0.4, 0.5) is 5.69 Å². The molecule has 0 saturated carbocycles. The highest BCUT2D eigenvalue weighted by Crippen LogP contribution is 2.26. The van der Waals surface area contributed by atoms with E-state index in [9.17, 15) is 4.79 Å². The number of hydrogen-bond acceptors (Lipinski definition) is 3. The molecule has 0 unspecified atom stereocenters. The number of rotatable bonds is 5. The first-order valence-electron chi connectivity index (χ1n) is 9.04. The predicted octanol–water partition coefficient (Wildman–Crippen LogP) is 4.23. The van der Waals surface area contributed by atoms with E-state index < -0.39 is 0 Å². The van der Waals surface area contributed by atoms with Gasteiger partial charge in [-0.1, -0.05) is 35.9 Å². The number of anilines is 1. The Balaban J connectivity index is 1.57. The molecule has 2 aromatic rings. The largest absolute Gasteiger partial charge is 0.374 e. The Hall–Kier alpha value is -2.04. The van der Waals surface area contributed by atoms with E-state index in [0.29, 0.717) is 19.7 Å². The SMILES string of the molecule is CC(C)OCc1ccc(C(=O)N2CCN(c3ccccc3Cl)CC2)cc1. The summed E-state index contributed by atoms with van der Waals surface area (Å²) in [5.74, 6) is 0.0835. The van der Waals surface area contributed by atoms with E-state index in [1.807, 2.05) is 67.3 Å². The van der Waals surface area contributed by atoms with Crippen LogP contribution < -0.4 is 4.90 Å². The maximum absolute atomic E-state index is 12.7. The summed E-state index contributed by atoms with van der Waals surface area (Å²) < 4.78 is 5.60. The van der Waals surface area contributed by atoms with Gasteiger partial charge in [-0.15, -0.1) is 0 Å². The molecule has 0 spiro atoms. The number of piperazine rings is 1. The average molecular weight is 373 g/mol. The lowest BCUT2D eigenvalue weighted by Crippen LogP contribution is -2.48. The molecule has 0 aliphatic carbocycles. The van der Waals surface area contributed by atoms with Crippen LogP contribution in [0.5, 0.6) is 0 Å². The quantitative estimate of drug-likeness (QED) is 0.787. The molecule has 26 heavy (non-hydrogen) atoms. The van der Waals surface area contributed by atoms with Gasteiger partial charge in [0.05, 0.1) is 23.4 Å². The number of amides is 1. The van der Waals surface area contributed by atoms with Crippen LogP contribution in [0.25, 0.3) is 0 Å². The highest BCUT2D eigenvalue weighted by atomic mass is 35.5. The van der Waals surface area contributed by atoms with Crippen molar-refractivity contribution in [1.29, 1.82) is 0 Å². The standard InChI is InChI=1S/C21H25ClN2O2/c1-16(2)26-15-17-7-9-18(10-8-17)21(25)24-13-11-23(12-14-24)20-6-4-3-5-19(20)22/h3-10,16H,11-15H2,1-2H3. The molecule has 0 radical (unpaired) electrons. The van der Waals surface area contributed by atoms with Gasteiger partial charge in [-0.25, -0.2) is 0 Å². The van der Waals surface area contributed by atoms with E-state index in [0.717, 1.165) is 34.9 Å². The second-order valence-corrected chi connectivity index (χ2v) is 7.19. The summed E-state index contributed by atoms with van der Waals surface area (Å²) in [6.45, 7) is 7.57. The van der Waals surface area contributed by atoms with Crippen molar-refractivity contribution in [2.24, 2.45) is 0 Å². The summed E-state index contributed by atoms with van der Waals surface area (Å²) in [5, 5.41) is 0.756. The van der Waals surface area contributed by atoms with Gasteiger partial charge < -0.3 is 14.5 Å². The molecule has 1 aliphatic heterocycles. The molecule has 138 valence electrons. The Morgan fingerprint density at radius 3 is 2.31 bits per heavy atom. The van der Waals surface area contributed by atoms with Gasteiger partial charge in [0.25, 0.3) is 5.91 Å². The highest BCUT2D eigenvalue weighted by Gasteiger charge is 2.23. The molecule has 5 heteroatoms. The molecule has 2 aromatic carbocycles. The van der Waals surface area contributed by atoms with Crippen LogP contribution in [-0.4, -0.2) is 43.1 Å². The molecule has 1 heterocycles. The van der Waals surface area contributed by atoms with Crippen molar-refractivity contribution in [1.82, 2.24) is 4.90 Å². The molecule has 4 nitrogen and oxygen atoms in total. The van der Waals surface area contributed by atoms with E-state index >= 15 is 0 Å². The number of ether oxygens (including phenoxy) is 1. The monoisotopic (exact) mass is 372 g/mol. The van der Waals surface area contributed by atoms with Crippen LogP contribution >= 0.6 is 11.6 Å². The van der Waals surface area contributed by atoms with Crippen LogP contribution in [0, 0.1) is 0 Å². The zero-order valence-electron chi connectivity index (χ0n) is 15.3. The van der Waals surface area contributed by atoms with Crippen LogP contribution in [0.3, 0.4) is 0 Å². The lowest BCUT2D eigenvalue weighted by molar-refractivity contribution is 0.0655. The number of benzene rings is 2. The summed E-state index contributed by atoms with van der Waals surface area (Å²) in [4.78, 5) is 16.9. The van der Waals surface area contributed by atoms with Gasteiger partial charge in [-0.05, 0) is 43.7 Å². The molecule has 0 N–H and O–H groups in total. The molecular formula is C21H25ClN2O2. The number of carbonyl (C=O) groups excluding carboxylic acids is 1. The van der Waals surface area contributed by atoms with Crippen molar-refractivity contribution in [3.8, 4) is 0 Å². The smallest absolute Gasteiger partial charge is 0.253 e. The van der Waals surface area contributed by atoms with E-state index in [1.165, 1.54) is 0 Å². The number of halogens is 1. The zero-order valence-corrected chi connectivity index (χ0v) is 16.1. The maximum Gasteiger partial charge on any atom is 0.253 e. The van der Waals surface area contributed by atoms with Crippen molar-refractivity contribution in [2.45, 2.75) is 26.6 Å². The third-order valence-electron chi connectivity index (χ3n) is 4.54. The minimum Gasteiger partial charge on any atom is -0.374 e. The van der Waals surface area contributed by atoms with Crippen molar-refractivity contribution < 1.29 is 9.53 Å². The zero-order chi connectivity index (χ0) is 18.5. The van der Waals surface area contributed by atoms with Crippen LogP contribution in [0.1, 0.15) is 29.8 Å². The first kappa shape index (κ1) is 18.7. The van der Waals surface area contributed by atoms with Gasteiger partial charge in [0.15, 0.2) is 0 Å². The van der Waals surface area contributed by atoms with Crippen molar-refractivity contribution >= 4 is 23.2 Å². The second-order valence-electron chi connectivity index (χ2n) is 6.79. The molecular weight excluding hydrogens is 348 g/mol. The van der Waals surface area contributed by atoms with E-state index in [1.54, 1.807) is 0 Å². The Labute approximate surface area is 160 Å². The van der Waals surface area contributed by atoms with E-state index in [4.69, 9.17) is 16.3 Å².